The molecule has 1 aromatic carbocycles. The van der Waals surface area contributed by atoms with Crippen LogP contribution in [0.2, 0.25) is 0 Å². The molecule has 2 atom stereocenters. The number of carbonyl (C=O) groups excluding carboxylic acids is 2. The molecule has 1 saturated heterocycles. The molecule has 1 aromatic rings. The molecule has 3 aliphatic rings. The number of hydrogen-bond acceptors (Lipinski definition) is 7. The topological polar surface area (TPSA) is 77.9 Å². The van der Waals surface area contributed by atoms with Gasteiger partial charge in [-0.25, -0.2) is 9.79 Å². The Morgan fingerprint density at radius 2 is 1.93 bits per heavy atom. The highest BCUT2D eigenvalue weighted by Crippen LogP contribution is 2.39. The van der Waals surface area contributed by atoms with Crippen molar-refractivity contribution >= 4 is 23.6 Å². The third-order valence-corrected chi connectivity index (χ3v) is 5.23. The second-order valence-electron chi connectivity index (χ2n) is 6.85. The van der Waals surface area contributed by atoms with E-state index in [2.05, 4.69) is 0 Å². The number of likely N-dealkylation sites (N-methyl/N-ethyl adjacent to an activating group) is 1. The lowest BCUT2D eigenvalue weighted by atomic mass is 10.1. The number of para-hydroxylation sites is 2. The fraction of sp³-hybridized carbons (Fsp3) is 0.421. The van der Waals surface area contributed by atoms with E-state index >= 15 is 0 Å². The van der Waals surface area contributed by atoms with E-state index in [4.69, 9.17) is 14.5 Å². The molecule has 9 heteroatoms. The monoisotopic (exact) mass is 385 g/mol. The zero-order chi connectivity index (χ0) is 20.0. The number of urea groups is 1. The van der Waals surface area contributed by atoms with Crippen LogP contribution in [0.15, 0.2) is 41.2 Å². The molecule has 3 amide bonds. The fourth-order valence-corrected chi connectivity index (χ4v) is 3.85. The molecule has 28 heavy (non-hydrogen) atoms. The molecule has 1 fully saturated rings. The van der Waals surface area contributed by atoms with Crippen molar-refractivity contribution in [3.8, 4) is 5.75 Å². The van der Waals surface area contributed by atoms with Crippen LogP contribution in [0.5, 0.6) is 5.75 Å². The highest BCUT2D eigenvalue weighted by molar-refractivity contribution is 6.10. The number of fused-ring (bicyclic) bond motifs is 3. The highest BCUT2D eigenvalue weighted by Gasteiger charge is 2.54. The number of rotatable bonds is 5. The van der Waals surface area contributed by atoms with Gasteiger partial charge in [0.15, 0.2) is 12.2 Å². The van der Waals surface area contributed by atoms with Gasteiger partial charge in [-0.3, -0.25) is 14.6 Å². The van der Waals surface area contributed by atoms with Gasteiger partial charge in [-0.05, 0) is 19.1 Å². The number of benzene rings is 1. The molecule has 0 spiro atoms. The molecule has 4 rings (SSSR count). The van der Waals surface area contributed by atoms with Crippen LogP contribution in [0.1, 0.15) is 6.92 Å². The summed E-state index contributed by atoms with van der Waals surface area (Å²) in [4.78, 5) is 37.1. The van der Waals surface area contributed by atoms with Crippen LogP contribution >= 0.6 is 0 Å². The third-order valence-electron chi connectivity index (χ3n) is 5.23. The number of anilines is 1. The van der Waals surface area contributed by atoms with Gasteiger partial charge in [0.2, 0.25) is 5.96 Å². The SMILES string of the molecule is COCCN1C(=O)C2C(N=C3N(c4ccccc4OC)C(C)=CN32)N(C)C1=O. The zero-order valence-electron chi connectivity index (χ0n) is 16.3. The van der Waals surface area contributed by atoms with Crippen molar-refractivity contribution in [3.63, 3.8) is 0 Å². The van der Waals surface area contributed by atoms with Gasteiger partial charge in [0, 0.05) is 26.1 Å². The summed E-state index contributed by atoms with van der Waals surface area (Å²) in [5.41, 5.74) is 1.74. The molecule has 0 N–H and O–H groups in total. The van der Waals surface area contributed by atoms with Gasteiger partial charge in [-0.1, -0.05) is 12.1 Å². The molecule has 3 aliphatic heterocycles. The second kappa shape index (κ2) is 6.83. The van der Waals surface area contributed by atoms with Crippen LogP contribution in [0.3, 0.4) is 0 Å². The summed E-state index contributed by atoms with van der Waals surface area (Å²) in [6, 6.07) is 6.67. The number of ether oxygens (including phenoxy) is 2. The van der Waals surface area contributed by atoms with Crippen molar-refractivity contribution in [2.75, 3.05) is 39.3 Å². The lowest BCUT2D eigenvalue weighted by Gasteiger charge is -2.40. The van der Waals surface area contributed by atoms with Crippen LogP contribution in [0, 0.1) is 0 Å². The summed E-state index contributed by atoms with van der Waals surface area (Å²) in [5, 5.41) is 0. The smallest absolute Gasteiger partial charge is 0.328 e. The summed E-state index contributed by atoms with van der Waals surface area (Å²) in [7, 11) is 4.83. The maximum atomic E-state index is 13.1. The number of methoxy groups -OCH3 is 2. The van der Waals surface area contributed by atoms with Gasteiger partial charge < -0.3 is 19.3 Å². The van der Waals surface area contributed by atoms with Gasteiger partial charge in [0.1, 0.15) is 5.75 Å². The largest absolute Gasteiger partial charge is 0.495 e. The van der Waals surface area contributed by atoms with Crippen LogP contribution in [0.25, 0.3) is 0 Å². The Hall–Kier alpha value is -3.07. The van der Waals surface area contributed by atoms with Crippen molar-refractivity contribution < 1.29 is 19.1 Å². The van der Waals surface area contributed by atoms with Crippen LogP contribution in [-0.2, 0) is 9.53 Å². The Morgan fingerprint density at radius 3 is 2.64 bits per heavy atom. The number of aliphatic imine (C=N–C) groups is 1. The normalized spacial score (nSPS) is 23.7. The Morgan fingerprint density at radius 1 is 1.18 bits per heavy atom. The second-order valence-corrected chi connectivity index (χ2v) is 6.85. The Balaban J connectivity index is 1.71. The minimum absolute atomic E-state index is 0.212. The van der Waals surface area contributed by atoms with E-state index in [1.165, 1.54) is 9.80 Å². The molecular weight excluding hydrogens is 362 g/mol. The summed E-state index contributed by atoms with van der Waals surface area (Å²) in [5.74, 6) is 1.04. The first-order valence-electron chi connectivity index (χ1n) is 9.04. The predicted molar refractivity (Wildman–Crippen MR) is 103 cm³/mol. The quantitative estimate of drug-likeness (QED) is 0.760. The first-order valence-corrected chi connectivity index (χ1v) is 9.04. The Labute approximate surface area is 163 Å². The van der Waals surface area contributed by atoms with E-state index in [1.807, 2.05) is 47.2 Å². The van der Waals surface area contributed by atoms with E-state index in [1.54, 1.807) is 21.3 Å². The van der Waals surface area contributed by atoms with Crippen molar-refractivity contribution in [2.45, 2.75) is 19.1 Å². The van der Waals surface area contributed by atoms with Crippen LogP contribution in [-0.4, -0.2) is 79.2 Å². The fourth-order valence-electron chi connectivity index (χ4n) is 3.85. The molecule has 9 nitrogen and oxygen atoms in total. The van der Waals surface area contributed by atoms with Crippen LogP contribution < -0.4 is 9.64 Å². The van der Waals surface area contributed by atoms with Gasteiger partial charge >= 0.3 is 6.03 Å². The van der Waals surface area contributed by atoms with E-state index in [0.717, 1.165) is 11.4 Å². The number of imide groups is 1. The third kappa shape index (κ3) is 2.54. The molecule has 148 valence electrons. The standard InChI is InChI=1S/C19H23N5O4/c1-12-11-23-15-16(21(2)19(26)22(17(15)25)9-10-27-3)20-18(23)24(12)13-7-5-6-8-14(13)28-4/h5-8,11,15-16H,9-10H2,1-4H3. The average Bonchev–Trinajstić information content (AvgIpc) is 3.20. The first kappa shape index (κ1) is 18.3. The molecular formula is C19H23N5O4. The molecule has 0 bridgehead atoms. The number of amides is 3. The Bertz CT molecular complexity index is 883. The summed E-state index contributed by atoms with van der Waals surface area (Å²) >= 11 is 0. The minimum Gasteiger partial charge on any atom is -0.495 e. The van der Waals surface area contributed by atoms with Crippen molar-refractivity contribution in [3.05, 3.63) is 36.2 Å². The molecule has 0 aromatic heterocycles. The summed E-state index contributed by atoms with van der Waals surface area (Å²) < 4.78 is 10.5. The number of nitrogens with zero attached hydrogens (tertiary/aromatic N) is 5. The molecule has 3 heterocycles. The Kier molecular flexibility index (Phi) is 4.46. The summed E-state index contributed by atoms with van der Waals surface area (Å²) in [6.45, 7) is 2.45. The number of carbonyl (C=O) groups is 2. The van der Waals surface area contributed by atoms with Gasteiger partial charge in [0.05, 0.1) is 25.9 Å². The maximum Gasteiger partial charge on any atom is 0.328 e. The van der Waals surface area contributed by atoms with E-state index in [-0.39, 0.29) is 18.5 Å². The van der Waals surface area contributed by atoms with Crippen molar-refractivity contribution in [1.29, 1.82) is 0 Å². The zero-order valence-corrected chi connectivity index (χ0v) is 16.3. The summed E-state index contributed by atoms with van der Waals surface area (Å²) in [6.07, 6.45) is 1.32. The predicted octanol–water partition coefficient (Wildman–Crippen LogP) is 1.28. The minimum atomic E-state index is -0.593. The lowest BCUT2D eigenvalue weighted by molar-refractivity contribution is -0.137. The van der Waals surface area contributed by atoms with Crippen LogP contribution in [0.4, 0.5) is 10.5 Å². The van der Waals surface area contributed by atoms with Gasteiger partial charge in [0.25, 0.3) is 5.91 Å². The number of allylic oxidation sites excluding steroid dienone is 1. The molecule has 0 radical (unpaired) electrons. The maximum absolute atomic E-state index is 13.1. The van der Waals surface area contributed by atoms with E-state index in [0.29, 0.717) is 18.3 Å². The van der Waals surface area contributed by atoms with Crippen molar-refractivity contribution in [1.82, 2.24) is 14.7 Å². The van der Waals surface area contributed by atoms with Gasteiger partial charge in [-0.2, -0.15) is 0 Å². The van der Waals surface area contributed by atoms with E-state index < -0.39 is 12.2 Å². The lowest BCUT2D eigenvalue weighted by Crippen LogP contribution is -2.64. The number of hydrogen-bond donors (Lipinski definition) is 0. The number of guanidine groups is 1. The highest BCUT2D eigenvalue weighted by atomic mass is 16.5. The molecule has 2 unspecified atom stereocenters. The van der Waals surface area contributed by atoms with Crippen molar-refractivity contribution in [2.24, 2.45) is 4.99 Å². The average molecular weight is 385 g/mol. The first-order chi connectivity index (χ1) is 13.5. The van der Waals surface area contributed by atoms with Gasteiger partial charge in [-0.15, -0.1) is 0 Å². The van der Waals surface area contributed by atoms with E-state index in [9.17, 15) is 9.59 Å². The molecule has 0 aliphatic carbocycles. The molecule has 0 saturated carbocycles.